The van der Waals surface area contributed by atoms with Crippen LogP contribution in [0.1, 0.15) is 30.4 Å². The van der Waals surface area contributed by atoms with E-state index in [1.807, 2.05) is 36.4 Å². The summed E-state index contributed by atoms with van der Waals surface area (Å²) in [6.45, 7) is 1.69. The Balaban J connectivity index is 1.91. The van der Waals surface area contributed by atoms with Crippen LogP contribution in [-0.2, 0) is 19.5 Å². The Morgan fingerprint density at radius 1 is 1.06 bits per heavy atom. The molecule has 10 heteroatoms. The Hall–Kier alpha value is -3.14. The molecule has 0 aliphatic carbocycles. The first-order valence-electron chi connectivity index (χ1n) is 10.9. The SMILES string of the molecule is CCOC(=O)N(CCC(c1ccc(OCOC)cc1)c1cccnc1)S(=O)(=O)c1ccc(Cl)cc1. The Bertz CT molecular complexity index is 1190. The van der Waals surface area contributed by atoms with Gasteiger partial charge in [-0.1, -0.05) is 29.8 Å². The van der Waals surface area contributed by atoms with E-state index in [9.17, 15) is 13.2 Å². The first kappa shape index (κ1) is 26.5. The van der Waals surface area contributed by atoms with Crippen molar-refractivity contribution in [3.05, 3.63) is 89.2 Å². The van der Waals surface area contributed by atoms with Gasteiger partial charge in [0.05, 0.1) is 11.5 Å². The standard InChI is InChI=1S/C25H27ClN2O6S/c1-3-33-25(29)28(35(30,31)23-12-8-21(26)9-13-23)16-14-24(20-5-4-15-27-17-20)19-6-10-22(11-7-19)34-18-32-2/h4-13,15,17,24H,3,14,16,18H2,1-2H3. The number of amides is 1. The van der Waals surface area contributed by atoms with Crippen LogP contribution in [0.15, 0.2) is 78.0 Å². The van der Waals surface area contributed by atoms with E-state index in [1.54, 1.807) is 26.4 Å². The summed E-state index contributed by atoms with van der Waals surface area (Å²) in [7, 11) is -2.62. The molecule has 0 spiro atoms. The molecular weight excluding hydrogens is 492 g/mol. The van der Waals surface area contributed by atoms with Crippen LogP contribution in [0.5, 0.6) is 5.75 Å². The molecule has 1 amide bonds. The lowest BCUT2D eigenvalue weighted by atomic mass is 9.89. The van der Waals surface area contributed by atoms with E-state index in [0.29, 0.717) is 17.2 Å². The molecule has 1 aromatic heterocycles. The maximum Gasteiger partial charge on any atom is 0.423 e. The molecule has 35 heavy (non-hydrogen) atoms. The van der Waals surface area contributed by atoms with Crippen molar-refractivity contribution in [2.75, 3.05) is 27.1 Å². The lowest BCUT2D eigenvalue weighted by Crippen LogP contribution is -2.38. The fourth-order valence-corrected chi connectivity index (χ4v) is 4.97. The lowest BCUT2D eigenvalue weighted by Gasteiger charge is -2.25. The molecule has 0 saturated heterocycles. The van der Waals surface area contributed by atoms with Crippen LogP contribution in [0.3, 0.4) is 0 Å². The van der Waals surface area contributed by atoms with Gasteiger partial charge in [-0.25, -0.2) is 17.5 Å². The first-order valence-corrected chi connectivity index (χ1v) is 12.7. The van der Waals surface area contributed by atoms with Crippen LogP contribution in [0.2, 0.25) is 5.02 Å². The molecule has 1 unspecified atom stereocenters. The average molecular weight is 519 g/mol. The van der Waals surface area contributed by atoms with Gasteiger partial charge in [-0.05, 0) is 66.9 Å². The topological polar surface area (TPSA) is 95.0 Å². The minimum Gasteiger partial charge on any atom is -0.468 e. The number of benzene rings is 2. The largest absolute Gasteiger partial charge is 0.468 e. The number of pyridine rings is 1. The maximum atomic E-state index is 13.3. The third-order valence-corrected chi connectivity index (χ3v) is 7.24. The number of rotatable bonds is 11. The number of aromatic nitrogens is 1. The zero-order chi connectivity index (χ0) is 25.3. The predicted molar refractivity (Wildman–Crippen MR) is 132 cm³/mol. The Kier molecular flexibility index (Phi) is 9.47. The lowest BCUT2D eigenvalue weighted by molar-refractivity contribution is 0.0511. The van der Waals surface area contributed by atoms with E-state index in [2.05, 4.69) is 4.98 Å². The molecule has 8 nitrogen and oxygen atoms in total. The highest BCUT2D eigenvalue weighted by atomic mass is 35.5. The van der Waals surface area contributed by atoms with E-state index in [-0.39, 0.29) is 30.8 Å². The van der Waals surface area contributed by atoms with Crippen LogP contribution in [0.4, 0.5) is 4.79 Å². The third-order valence-electron chi connectivity index (χ3n) is 5.21. The molecule has 0 radical (unpaired) electrons. The number of hydrogen-bond acceptors (Lipinski definition) is 7. The smallest absolute Gasteiger partial charge is 0.423 e. The minimum absolute atomic E-state index is 0.0421. The van der Waals surface area contributed by atoms with Crippen molar-refractivity contribution in [2.24, 2.45) is 0 Å². The number of carbonyl (C=O) groups is 1. The predicted octanol–water partition coefficient (Wildman–Crippen LogP) is 5.09. The number of nitrogens with zero attached hydrogens (tertiary/aromatic N) is 2. The zero-order valence-electron chi connectivity index (χ0n) is 19.5. The van der Waals surface area contributed by atoms with Gasteiger partial charge in [0.2, 0.25) is 0 Å². The summed E-state index contributed by atoms with van der Waals surface area (Å²) in [5.74, 6) is 0.400. The third kappa shape index (κ3) is 6.94. The first-order chi connectivity index (χ1) is 16.9. The minimum atomic E-state index is -4.17. The van der Waals surface area contributed by atoms with Gasteiger partial charge < -0.3 is 14.2 Å². The van der Waals surface area contributed by atoms with Gasteiger partial charge in [0.15, 0.2) is 6.79 Å². The molecule has 1 atom stereocenters. The highest BCUT2D eigenvalue weighted by molar-refractivity contribution is 7.89. The molecule has 0 N–H and O–H groups in total. The van der Waals surface area contributed by atoms with Gasteiger partial charge in [0.1, 0.15) is 5.75 Å². The highest BCUT2D eigenvalue weighted by Gasteiger charge is 2.31. The van der Waals surface area contributed by atoms with Crippen molar-refractivity contribution in [3.8, 4) is 5.75 Å². The number of ether oxygens (including phenoxy) is 3. The summed E-state index contributed by atoms with van der Waals surface area (Å²) in [4.78, 5) is 16.9. The van der Waals surface area contributed by atoms with E-state index in [1.165, 1.54) is 24.3 Å². The summed E-state index contributed by atoms with van der Waals surface area (Å²) in [5.41, 5.74) is 1.79. The Morgan fingerprint density at radius 2 is 1.77 bits per heavy atom. The monoisotopic (exact) mass is 518 g/mol. The van der Waals surface area contributed by atoms with Gasteiger partial charge >= 0.3 is 6.09 Å². The number of hydrogen-bond donors (Lipinski definition) is 0. The molecule has 2 aromatic carbocycles. The molecule has 0 bridgehead atoms. The van der Waals surface area contributed by atoms with Crippen molar-refractivity contribution >= 4 is 27.7 Å². The van der Waals surface area contributed by atoms with Crippen molar-refractivity contribution in [1.29, 1.82) is 0 Å². The summed E-state index contributed by atoms with van der Waals surface area (Å²) in [6.07, 6.45) is 2.76. The van der Waals surface area contributed by atoms with E-state index in [4.69, 9.17) is 25.8 Å². The molecule has 0 saturated carbocycles. The molecule has 3 aromatic rings. The second-order valence-corrected chi connectivity index (χ2v) is 9.78. The van der Waals surface area contributed by atoms with E-state index >= 15 is 0 Å². The Morgan fingerprint density at radius 3 is 2.37 bits per heavy atom. The van der Waals surface area contributed by atoms with Crippen molar-refractivity contribution in [1.82, 2.24) is 9.29 Å². The van der Waals surface area contributed by atoms with Crippen molar-refractivity contribution in [3.63, 3.8) is 0 Å². The number of carbonyl (C=O) groups excluding carboxylic acids is 1. The second kappa shape index (κ2) is 12.5. The van der Waals surface area contributed by atoms with Crippen LogP contribution >= 0.6 is 11.6 Å². The van der Waals surface area contributed by atoms with Crippen LogP contribution in [0.25, 0.3) is 0 Å². The van der Waals surface area contributed by atoms with Gasteiger partial charge in [-0.2, -0.15) is 0 Å². The van der Waals surface area contributed by atoms with Crippen LogP contribution in [0, 0.1) is 0 Å². The number of halogens is 1. The quantitative estimate of drug-likeness (QED) is 0.326. The molecule has 3 rings (SSSR count). The second-order valence-electron chi connectivity index (χ2n) is 7.48. The van der Waals surface area contributed by atoms with Crippen LogP contribution < -0.4 is 4.74 Å². The molecule has 1 heterocycles. The highest BCUT2D eigenvalue weighted by Crippen LogP contribution is 2.30. The number of sulfonamides is 1. The zero-order valence-corrected chi connectivity index (χ0v) is 21.0. The molecule has 0 aliphatic heterocycles. The summed E-state index contributed by atoms with van der Waals surface area (Å²) in [6, 6.07) is 16.8. The molecule has 0 aliphatic rings. The normalized spacial score (nSPS) is 12.1. The molecule has 186 valence electrons. The number of methoxy groups -OCH3 is 1. The average Bonchev–Trinajstić information content (AvgIpc) is 2.86. The Labute approximate surface area is 210 Å². The summed E-state index contributed by atoms with van der Waals surface area (Å²) in [5, 5.41) is 0.390. The van der Waals surface area contributed by atoms with E-state index in [0.717, 1.165) is 15.4 Å². The van der Waals surface area contributed by atoms with Crippen molar-refractivity contribution in [2.45, 2.75) is 24.2 Å². The van der Waals surface area contributed by atoms with Gasteiger partial charge in [0, 0.05) is 37.0 Å². The van der Waals surface area contributed by atoms with E-state index < -0.39 is 16.1 Å². The summed E-state index contributed by atoms with van der Waals surface area (Å²) < 4.78 is 42.9. The molecule has 0 fully saturated rings. The maximum absolute atomic E-state index is 13.3. The van der Waals surface area contributed by atoms with Gasteiger partial charge in [0.25, 0.3) is 10.0 Å². The summed E-state index contributed by atoms with van der Waals surface area (Å²) >= 11 is 5.91. The van der Waals surface area contributed by atoms with Gasteiger partial charge in [-0.15, -0.1) is 0 Å². The van der Waals surface area contributed by atoms with Crippen LogP contribution in [-0.4, -0.2) is 50.9 Å². The molecular formula is C25H27ClN2O6S. The fraction of sp³-hybridized carbons (Fsp3) is 0.280. The van der Waals surface area contributed by atoms with Crippen molar-refractivity contribution < 1.29 is 27.4 Å². The van der Waals surface area contributed by atoms with Gasteiger partial charge in [-0.3, -0.25) is 4.98 Å². The fourth-order valence-electron chi connectivity index (χ4n) is 3.52.